The highest BCUT2D eigenvalue weighted by atomic mass is 32.2. The second-order valence-electron chi connectivity index (χ2n) is 8.93. The number of hydrogen-bond acceptors (Lipinski definition) is 5. The lowest BCUT2D eigenvalue weighted by Crippen LogP contribution is -2.18. The van der Waals surface area contributed by atoms with Crippen LogP contribution in [0.5, 0.6) is 5.75 Å². The molecule has 1 aromatic heterocycles. The molecule has 0 bridgehead atoms. The van der Waals surface area contributed by atoms with Gasteiger partial charge in [0.25, 0.3) is 5.56 Å². The van der Waals surface area contributed by atoms with Crippen molar-refractivity contribution in [3.05, 3.63) is 112 Å². The number of aromatic hydroxyl groups is 1. The molecule has 2 heterocycles. The van der Waals surface area contributed by atoms with E-state index in [0.717, 1.165) is 44.1 Å². The third kappa shape index (κ3) is 3.95. The number of fused-ring (bicyclic) bond motifs is 3. The fourth-order valence-electron chi connectivity index (χ4n) is 4.47. The van der Waals surface area contributed by atoms with Crippen LogP contribution in [-0.2, 0) is 0 Å². The largest absolute Gasteiger partial charge is 0.507 e. The quantitative estimate of drug-likeness (QED) is 0.257. The number of nitrogens with one attached hydrogen (secondary N) is 1. The molecule has 0 unspecified atom stereocenters. The van der Waals surface area contributed by atoms with Gasteiger partial charge in [0, 0.05) is 38.7 Å². The van der Waals surface area contributed by atoms with Gasteiger partial charge in [0.1, 0.15) is 5.75 Å². The van der Waals surface area contributed by atoms with Gasteiger partial charge in [-0.25, -0.2) is 0 Å². The maximum atomic E-state index is 13.2. The highest BCUT2D eigenvalue weighted by Crippen LogP contribution is 2.46. The molecular weight excluding hydrogens is 466 g/mol. The van der Waals surface area contributed by atoms with Crippen molar-refractivity contribution in [2.24, 2.45) is 4.99 Å². The van der Waals surface area contributed by atoms with Crippen LogP contribution in [0, 0.1) is 13.8 Å². The summed E-state index contributed by atoms with van der Waals surface area (Å²) in [5, 5.41) is 14.5. The van der Waals surface area contributed by atoms with Gasteiger partial charge in [0.2, 0.25) is 0 Å². The molecule has 6 heteroatoms. The fraction of sp³-hybridized carbons (Fsp3) is 0.0667. The maximum absolute atomic E-state index is 13.2. The predicted molar refractivity (Wildman–Crippen MR) is 148 cm³/mol. The minimum Gasteiger partial charge on any atom is -0.507 e. The number of benzene rings is 4. The molecule has 0 saturated carbocycles. The Morgan fingerprint density at radius 1 is 0.889 bits per heavy atom. The van der Waals surface area contributed by atoms with Crippen molar-refractivity contribution in [1.29, 1.82) is 0 Å². The van der Waals surface area contributed by atoms with Crippen LogP contribution in [0.3, 0.4) is 0 Å². The van der Waals surface area contributed by atoms with Crippen LogP contribution in [0.2, 0.25) is 0 Å². The van der Waals surface area contributed by atoms with E-state index in [9.17, 15) is 9.90 Å². The van der Waals surface area contributed by atoms with E-state index in [1.807, 2.05) is 37.3 Å². The Kier molecular flexibility index (Phi) is 5.38. The summed E-state index contributed by atoms with van der Waals surface area (Å²) in [6.45, 7) is 4.08. The molecule has 0 atom stereocenters. The van der Waals surface area contributed by atoms with Gasteiger partial charge in [-0.1, -0.05) is 30.0 Å². The molecule has 0 aliphatic carbocycles. The molecular formula is C30H23N3O2S. The van der Waals surface area contributed by atoms with Crippen molar-refractivity contribution in [3.8, 4) is 11.4 Å². The van der Waals surface area contributed by atoms with E-state index in [0.29, 0.717) is 5.56 Å². The van der Waals surface area contributed by atoms with E-state index in [2.05, 4.69) is 47.6 Å². The number of para-hydroxylation sites is 1. The SMILES string of the molecule is Cc1ccc2c(c1)Sc1cc3c(C)cc(=O)n(-c4ccc(N=Cc5ccccc5O)cc4)c3cc1N2. The number of nitrogens with zero attached hydrogens (tertiary/aromatic N) is 2. The number of phenolic OH excluding ortho intramolecular Hbond substituents is 1. The number of aromatic nitrogens is 1. The van der Waals surface area contributed by atoms with E-state index in [1.165, 1.54) is 10.5 Å². The van der Waals surface area contributed by atoms with Gasteiger partial charge in [0.05, 0.1) is 22.6 Å². The molecule has 6 rings (SSSR count). The molecule has 5 nitrogen and oxygen atoms in total. The zero-order valence-electron chi connectivity index (χ0n) is 19.8. The first-order valence-electron chi connectivity index (χ1n) is 11.6. The number of hydrogen-bond donors (Lipinski definition) is 2. The van der Waals surface area contributed by atoms with Crippen LogP contribution in [0.4, 0.5) is 17.1 Å². The summed E-state index contributed by atoms with van der Waals surface area (Å²) in [6.07, 6.45) is 1.63. The Morgan fingerprint density at radius 2 is 1.67 bits per heavy atom. The molecule has 0 fully saturated rings. The van der Waals surface area contributed by atoms with Crippen LogP contribution < -0.4 is 10.9 Å². The van der Waals surface area contributed by atoms with Gasteiger partial charge >= 0.3 is 0 Å². The van der Waals surface area contributed by atoms with Gasteiger partial charge in [-0.05, 0) is 85.6 Å². The van der Waals surface area contributed by atoms with Crippen LogP contribution in [-0.4, -0.2) is 15.9 Å². The summed E-state index contributed by atoms with van der Waals surface area (Å²) in [6, 6.07) is 26.9. The zero-order chi connectivity index (χ0) is 24.8. The molecule has 1 aliphatic heterocycles. The number of pyridine rings is 1. The van der Waals surface area contributed by atoms with Crippen molar-refractivity contribution >= 4 is 45.9 Å². The van der Waals surface area contributed by atoms with Crippen molar-refractivity contribution in [2.75, 3.05) is 5.32 Å². The molecule has 2 N–H and O–H groups in total. The van der Waals surface area contributed by atoms with Crippen molar-refractivity contribution in [2.45, 2.75) is 23.6 Å². The lowest BCUT2D eigenvalue weighted by Gasteiger charge is -2.23. The molecule has 0 radical (unpaired) electrons. The zero-order valence-corrected chi connectivity index (χ0v) is 20.6. The number of anilines is 2. The van der Waals surface area contributed by atoms with E-state index in [1.54, 1.807) is 46.8 Å². The standard InChI is InChI=1S/C30H23N3O2S/c1-18-7-12-24-28(13-18)36-29-15-23-19(2)14-30(35)33(26(23)16-25(29)32-24)22-10-8-21(9-11-22)31-17-20-5-3-4-6-27(20)34/h3-17,32,34H,1-2H3. The molecule has 36 heavy (non-hydrogen) atoms. The average molecular weight is 490 g/mol. The van der Waals surface area contributed by atoms with Crippen LogP contribution in [0.1, 0.15) is 16.7 Å². The first-order valence-corrected chi connectivity index (χ1v) is 12.5. The van der Waals surface area contributed by atoms with E-state index < -0.39 is 0 Å². The lowest BCUT2D eigenvalue weighted by atomic mass is 10.1. The number of phenols is 1. The molecule has 5 aromatic rings. The number of aryl methyl sites for hydroxylation is 2. The second-order valence-corrected chi connectivity index (χ2v) is 10.0. The van der Waals surface area contributed by atoms with E-state index in [4.69, 9.17) is 0 Å². The molecule has 176 valence electrons. The summed E-state index contributed by atoms with van der Waals surface area (Å²) in [5.74, 6) is 0.184. The Labute approximate surface area is 212 Å². The van der Waals surface area contributed by atoms with Crippen molar-refractivity contribution in [1.82, 2.24) is 4.57 Å². The monoisotopic (exact) mass is 489 g/mol. The number of aliphatic imine (C=N–C) groups is 1. The van der Waals surface area contributed by atoms with E-state index >= 15 is 0 Å². The molecule has 4 aromatic carbocycles. The Morgan fingerprint density at radius 3 is 2.47 bits per heavy atom. The first kappa shape index (κ1) is 22.2. The minimum atomic E-state index is -0.0788. The smallest absolute Gasteiger partial charge is 0.255 e. The first-order chi connectivity index (χ1) is 17.5. The average Bonchev–Trinajstić information content (AvgIpc) is 2.87. The molecule has 0 saturated heterocycles. The Bertz CT molecular complexity index is 1740. The molecule has 0 amide bonds. The van der Waals surface area contributed by atoms with Gasteiger partial charge in [0.15, 0.2) is 0 Å². The highest BCUT2D eigenvalue weighted by Gasteiger charge is 2.19. The van der Waals surface area contributed by atoms with Crippen molar-refractivity contribution < 1.29 is 5.11 Å². The normalized spacial score (nSPS) is 12.4. The predicted octanol–water partition coefficient (Wildman–Crippen LogP) is 7.27. The maximum Gasteiger partial charge on any atom is 0.255 e. The van der Waals surface area contributed by atoms with Crippen LogP contribution in [0.15, 0.2) is 105 Å². The summed E-state index contributed by atoms with van der Waals surface area (Å²) < 4.78 is 1.75. The fourth-order valence-corrected chi connectivity index (χ4v) is 5.58. The van der Waals surface area contributed by atoms with Gasteiger partial charge in [-0.3, -0.25) is 14.4 Å². The van der Waals surface area contributed by atoms with Crippen LogP contribution >= 0.6 is 11.8 Å². The Balaban J connectivity index is 1.41. The third-order valence-electron chi connectivity index (χ3n) is 6.35. The summed E-state index contributed by atoms with van der Waals surface area (Å²) in [4.78, 5) is 20.0. The van der Waals surface area contributed by atoms with Crippen molar-refractivity contribution in [3.63, 3.8) is 0 Å². The topological polar surface area (TPSA) is 66.6 Å². The van der Waals surface area contributed by atoms with Gasteiger partial charge < -0.3 is 10.4 Å². The second kappa shape index (κ2) is 8.73. The van der Waals surface area contributed by atoms with Gasteiger partial charge in [-0.15, -0.1) is 0 Å². The number of rotatable bonds is 3. The van der Waals surface area contributed by atoms with Gasteiger partial charge in [-0.2, -0.15) is 0 Å². The summed E-state index contributed by atoms with van der Waals surface area (Å²) >= 11 is 1.75. The lowest BCUT2D eigenvalue weighted by molar-refractivity contribution is 0.474. The molecule has 1 aliphatic rings. The van der Waals surface area contributed by atoms with E-state index in [-0.39, 0.29) is 11.3 Å². The molecule has 0 spiro atoms. The van der Waals surface area contributed by atoms with Crippen LogP contribution in [0.25, 0.3) is 16.6 Å². The summed E-state index contributed by atoms with van der Waals surface area (Å²) in [7, 11) is 0. The third-order valence-corrected chi connectivity index (χ3v) is 7.46. The highest BCUT2D eigenvalue weighted by molar-refractivity contribution is 7.99. The Hall–Kier alpha value is -4.29. The minimum absolute atomic E-state index is 0.0788. The summed E-state index contributed by atoms with van der Waals surface area (Å²) in [5.41, 5.74) is 7.17.